The highest BCUT2D eigenvalue weighted by Gasteiger charge is 2.31. The molecule has 2 heterocycles. The van der Waals surface area contributed by atoms with E-state index in [2.05, 4.69) is 0 Å². The highest BCUT2D eigenvalue weighted by Crippen LogP contribution is 2.20. The average molecular weight is 322 g/mol. The molecular formula is C11H18N2O5S2. The first kappa shape index (κ1) is 15.5. The number of hydrogen-bond donors (Lipinski definition) is 0. The molecule has 0 aromatic carbocycles. The molecule has 9 heteroatoms. The largest absolute Gasteiger partial charge is 0.449 e. The van der Waals surface area contributed by atoms with Crippen molar-refractivity contribution in [2.24, 2.45) is 0 Å². The lowest BCUT2D eigenvalue weighted by molar-refractivity contribution is 0.375. The van der Waals surface area contributed by atoms with Gasteiger partial charge in [-0.05, 0) is 25.5 Å². The molecule has 114 valence electrons. The van der Waals surface area contributed by atoms with Crippen LogP contribution in [-0.4, -0.2) is 57.9 Å². The van der Waals surface area contributed by atoms with Crippen LogP contribution in [0.3, 0.4) is 0 Å². The molecule has 1 aromatic rings. The smallest absolute Gasteiger partial charge is 0.276 e. The zero-order chi connectivity index (χ0) is 15.0. The second-order valence-corrected chi connectivity index (χ2v) is 8.64. The van der Waals surface area contributed by atoms with Crippen LogP contribution in [0.1, 0.15) is 12.2 Å². The first-order valence-electron chi connectivity index (χ1n) is 6.23. The van der Waals surface area contributed by atoms with Crippen LogP contribution in [0.15, 0.2) is 21.6 Å². The topological polar surface area (TPSA) is 87.9 Å². The summed E-state index contributed by atoms with van der Waals surface area (Å²) in [6, 6.07) is 3.01. The number of rotatable bonds is 3. The van der Waals surface area contributed by atoms with Crippen molar-refractivity contribution in [1.82, 2.24) is 8.61 Å². The van der Waals surface area contributed by atoms with Crippen molar-refractivity contribution in [3.8, 4) is 0 Å². The van der Waals surface area contributed by atoms with Gasteiger partial charge in [-0.3, -0.25) is 0 Å². The number of furan rings is 1. The molecule has 2 rings (SSSR count). The summed E-state index contributed by atoms with van der Waals surface area (Å²) in [5.41, 5.74) is 0. The third-order valence-electron chi connectivity index (χ3n) is 3.19. The maximum Gasteiger partial charge on any atom is 0.276 e. The van der Waals surface area contributed by atoms with E-state index in [1.165, 1.54) is 14.7 Å². The van der Waals surface area contributed by atoms with Gasteiger partial charge in [0.2, 0.25) is 15.1 Å². The maximum absolute atomic E-state index is 12.4. The predicted octanol–water partition coefficient (Wildman–Crippen LogP) is 0.244. The zero-order valence-electron chi connectivity index (χ0n) is 11.4. The minimum atomic E-state index is -3.69. The Labute approximate surface area is 119 Å². The second-order valence-electron chi connectivity index (χ2n) is 4.78. The van der Waals surface area contributed by atoms with Gasteiger partial charge in [0.05, 0.1) is 6.26 Å². The number of aryl methyl sites for hydroxylation is 1. The molecule has 0 amide bonds. The monoisotopic (exact) mass is 322 g/mol. The van der Waals surface area contributed by atoms with Gasteiger partial charge in [0, 0.05) is 26.2 Å². The third-order valence-corrected chi connectivity index (χ3v) is 6.27. The van der Waals surface area contributed by atoms with Crippen LogP contribution < -0.4 is 0 Å². The Morgan fingerprint density at radius 3 is 2.15 bits per heavy atom. The van der Waals surface area contributed by atoms with Gasteiger partial charge < -0.3 is 4.42 Å². The molecule has 1 saturated heterocycles. The van der Waals surface area contributed by atoms with Crippen LogP contribution in [0.4, 0.5) is 0 Å². The normalized spacial score (nSPS) is 19.9. The van der Waals surface area contributed by atoms with Gasteiger partial charge in [-0.1, -0.05) is 0 Å². The molecule has 0 unspecified atom stereocenters. The Kier molecular flexibility index (Phi) is 4.24. The van der Waals surface area contributed by atoms with E-state index >= 15 is 0 Å². The Bertz CT molecular complexity index is 677. The van der Waals surface area contributed by atoms with E-state index in [4.69, 9.17) is 4.42 Å². The quantitative estimate of drug-likeness (QED) is 0.795. The molecule has 0 radical (unpaired) electrons. The summed E-state index contributed by atoms with van der Waals surface area (Å²) in [4.78, 5) is 0. The molecule has 1 aromatic heterocycles. The van der Waals surface area contributed by atoms with Crippen molar-refractivity contribution in [3.63, 3.8) is 0 Å². The Balaban J connectivity index is 2.18. The zero-order valence-corrected chi connectivity index (χ0v) is 13.1. The van der Waals surface area contributed by atoms with E-state index < -0.39 is 20.0 Å². The average Bonchev–Trinajstić information content (AvgIpc) is 2.63. The van der Waals surface area contributed by atoms with E-state index in [1.54, 1.807) is 13.0 Å². The van der Waals surface area contributed by atoms with Gasteiger partial charge >= 0.3 is 0 Å². The summed E-state index contributed by atoms with van der Waals surface area (Å²) in [5.74, 6) is 0.524. The van der Waals surface area contributed by atoms with Gasteiger partial charge in [0.1, 0.15) is 5.76 Å². The van der Waals surface area contributed by atoms with E-state index in [1.807, 2.05) is 0 Å². The van der Waals surface area contributed by atoms with Gasteiger partial charge in [-0.2, -0.15) is 4.31 Å². The standard InChI is InChI=1S/C11H18N2O5S2/c1-10-4-5-11(18-10)20(16,17)13-7-3-6-12(8-9-13)19(2,14)15/h4-5H,3,6-9H2,1-2H3. The van der Waals surface area contributed by atoms with Crippen LogP contribution in [0.2, 0.25) is 0 Å². The third kappa shape index (κ3) is 3.22. The lowest BCUT2D eigenvalue weighted by Gasteiger charge is -2.19. The predicted molar refractivity (Wildman–Crippen MR) is 73.2 cm³/mol. The molecule has 0 aliphatic carbocycles. The summed E-state index contributed by atoms with van der Waals surface area (Å²) in [6.45, 7) is 2.59. The van der Waals surface area contributed by atoms with Crippen molar-refractivity contribution in [3.05, 3.63) is 17.9 Å². The van der Waals surface area contributed by atoms with E-state index in [0.29, 0.717) is 18.7 Å². The number of hydrogen-bond acceptors (Lipinski definition) is 5. The number of nitrogens with zero attached hydrogens (tertiary/aromatic N) is 2. The second kappa shape index (κ2) is 5.47. The molecule has 1 fully saturated rings. The van der Waals surface area contributed by atoms with Crippen LogP contribution >= 0.6 is 0 Å². The van der Waals surface area contributed by atoms with Gasteiger partial charge in [0.15, 0.2) is 0 Å². The summed E-state index contributed by atoms with van der Waals surface area (Å²) in [5, 5.41) is -0.0946. The van der Waals surface area contributed by atoms with Gasteiger partial charge in [-0.25, -0.2) is 21.1 Å². The van der Waals surface area contributed by atoms with Crippen LogP contribution in [0.25, 0.3) is 0 Å². The van der Waals surface area contributed by atoms with Crippen molar-refractivity contribution >= 4 is 20.0 Å². The van der Waals surface area contributed by atoms with Crippen LogP contribution in [-0.2, 0) is 20.0 Å². The number of sulfonamides is 2. The lowest BCUT2D eigenvalue weighted by Crippen LogP contribution is -2.36. The minimum Gasteiger partial charge on any atom is -0.449 e. The molecule has 20 heavy (non-hydrogen) atoms. The fraction of sp³-hybridized carbons (Fsp3) is 0.636. The molecule has 0 saturated carbocycles. The first-order valence-corrected chi connectivity index (χ1v) is 9.52. The minimum absolute atomic E-state index is 0.0946. The highest BCUT2D eigenvalue weighted by molar-refractivity contribution is 7.89. The van der Waals surface area contributed by atoms with Gasteiger partial charge in [0.25, 0.3) is 10.0 Å². The van der Waals surface area contributed by atoms with Gasteiger partial charge in [-0.15, -0.1) is 0 Å². The molecule has 1 aliphatic rings. The first-order chi connectivity index (χ1) is 9.21. The molecule has 0 N–H and O–H groups in total. The maximum atomic E-state index is 12.4. The van der Waals surface area contributed by atoms with Crippen LogP contribution in [0.5, 0.6) is 0 Å². The van der Waals surface area contributed by atoms with Crippen molar-refractivity contribution in [1.29, 1.82) is 0 Å². The summed E-state index contributed by atoms with van der Waals surface area (Å²) in [7, 11) is -6.98. The fourth-order valence-corrected chi connectivity index (χ4v) is 4.42. The molecule has 1 aliphatic heterocycles. The van der Waals surface area contributed by atoms with E-state index in [0.717, 1.165) is 6.26 Å². The molecule has 0 spiro atoms. The SMILES string of the molecule is Cc1ccc(S(=O)(=O)N2CCCN(S(C)(=O)=O)CC2)o1. The molecule has 7 nitrogen and oxygen atoms in total. The van der Waals surface area contributed by atoms with Crippen molar-refractivity contribution < 1.29 is 21.3 Å². The highest BCUT2D eigenvalue weighted by atomic mass is 32.2. The van der Waals surface area contributed by atoms with Crippen molar-refractivity contribution in [2.45, 2.75) is 18.4 Å². The summed E-state index contributed by atoms with van der Waals surface area (Å²) in [6.07, 6.45) is 1.60. The van der Waals surface area contributed by atoms with Crippen LogP contribution in [0, 0.1) is 6.92 Å². The Morgan fingerprint density at radius 2 is 1.60 bits per heavy atom. The molecular weight excluding hydrogens is 304 g/mol. The summed E-state index contributed by atoms with van der Waals surface area (Å²) >= 11 is 0. The summed E-state index contributed by atoms with van der Waals surface area (Å²) < 4.78 is 55.5. The Morgan fingerprint density at radius 1 is 1.00 bits per heavy atom. The van der Waals surface area contributed by atoms with E-state index in [-0.39, 0.29) is 24.7 Å². The molecule has 0 bridgehead atoms. The van der Waals surface area contributed by atoms with E-state index in [9.17, 15) is 16.8 Å². The van der Waals surface area contributed by atoms with Crippen molar-refractivity contribution in [2.75, 3.05) is 32.4 Å². The lowest BCUT2D eigenvalue weighted by atomic mass is 10.4. The molecule has 0 atom stereocenters. The fourth-order valence-electron chi connectivity index (χ4n) is 2.12. The Hall–Kier alpha value is -0.900.